The summed E-state index contributed by atoms with van der Waals surface area (Å²) in [6.45, 7) is 3.26. The van der Waals surface area contributed by atoms with Gasteiger partial charge in [-0.15, -0.1) is 0 Å². The van der Waals surface area contributed by atoms with Crippen molar-refractivity contribution >= 4 is 0 Å². The fourth-order valence-electron chi connectivity index (χ4n) is 1.84. The number of unbranched alkanes of at least 4 members (excludes halogenated alkanes) is 3. The smallest absolute Gasteiger partial charge is 0.119 e. The van der Waals surface area contributed by atoms with Gasteiger partial charge in [0.05, 0.1) is 12.7 Å². The minimum absolute atomic E-state index is 0.294. The molecule has 0 radical (unpaired) electrons. The Morgan fingerprint density at radius 2 is 2.11 bits per heavy atom. The van der Waals surface area contributed by atoms with E-state index in [9.17, 15) is 5.11 Å². The van der Waals surface area contributed by atoms with Crippen molar-refractivity contribution < 1.29 is 9.84 Å². The number of hydrogen-bond donors (Lipinski definition) is 2. The van der Waals surface area contributed by atoms with E-state index >= 15 is 0 Å². The average Bonchev–Trinajstić information content (AvgIpc) is 2.39. The van der Waals surface area contributed by atoms with Crippen LogP contribution >= 0.6 is 0 Å². The van der Waals surface area contributed by atoms with Crippen molar-refractivity contribution in [2.24, 2.45) is 5.73 Å². The first-order valence-electron chi connectivity index (χ1n) is 6.86. The van der Waals surface area contributed by atoms with Gasteiger partial charge in [-0.2, -0.15) is 0 Å². The molecule has 102 valence electrons. The molecule has 0 fully saturated rings. The summed E-state index contributed by atoms with van der Waals surface area (Å²) in [7, 11) is 0. The second-order valence-electron chi connectivity index (χ2n) is 4.65. The maximum absolute atomic E-state index is 9.51. The molecule has 1 aromatic rings. The number of rotatable bonds is 9. The van der Waals surface area contributed by atoms with Crippen molar-refractivity contribution in [3.05, 3.63) is 29.8 Å². The van der Waals surface area contributed by atoms with Crippen molar-refractivity contribution in [1.82, 2.24) is 0 Å². The minimum atomic E-state index is -0.468. The molecule has 0 saturated heterocycles. The van der Waals surface area contributed by atoms with Gasteiger partial charge >= 0.3 is 0 Å². The Balaban J connectivity index is 2.35. The Morgan fingerprint density at radius 3 is 2.83 bits per heavy atom. The van der Waals surface area contributed by atoms with Gasteiger partial charge in [0.25, 0.3) is 0 Å². The summed E-state index contributed by atoms with van der Waals surface area (Å²) < 4.78 is 5.70. The van der Waals surface area contributed by atoms with Crippen molar-refractivity contribution in [3.63, 3.8) is 0 Å². The summed E-state index contributed by atoms with van der Waals surface area (Å²) in [6.07, 6.45) is 4.96. The number of ether oxygens (including phenoxy) is 1. The van der Waals surface area contributed by atoms with E-state index in [-0.39, 0.29) is 0 Å². The normalized spacial score (nSPS) is 12.4. The summed E-state index contributed by atoms with van der Waals surface area (Å²) in [5.74, 6) is 0.883. The van der Waals surface area contributed by atoms with Crippen LogP contribution < -0.4 is 10.5 Å². The molecule has 0 amide bonds. The molecule has 3 heteroatoms. The van der Waals surface area contributed by atoms with Gasteiger partial charge in [0.2, 0.25) is 0 Å². The van der Waals surface area contributed by atoms with Crippen LogP contribution in [0.2, 0.25) is 0 Å². The fraction of sp³-hybridized carbons (Fsp3) is 0.600. The Kier molecular flexibility index (Phi) is 7.46. The summed E-state index contributed by atoms with van der Waals surface area (Å²) >= 11 is 0. The third-order valence-electron chi connectivity index (χ3n) is 2.91. The second-order valence-corrected chi connectivity index (χ2v) is 4.65. The topological polar surface area (TPSA) is 55.5 Å². The van der Waals surface area contributed by atoms with Crippen LogP contribution in [0.1, 0.15) is 38.2 Å². The fourth-order valence-corrected chi connectivity index (χ4v) is 1.84. The lowest BCUT2D eigenvalue weighted by Crippen LogP contribution is -2.21. The standard InChI is InChI=1S/C15H25NO2/c1-2-3-4-5-9-18-15-8-6-7-13(11-15)10-14(17)12-16/h6-8,11,14,17H,2-5,9-10,12,16H2,1H3/t14-/m1/s1. The van der Waals surface area contributed by atoms with E-state index in [1.54, 1.807) is 0 Å². The Hall–Kier alpha value is -1.06. The van der Waals surface area contributed by atoms with Crippen LogP contribution in [0.25, 0.3) is 0 Å². The zero-order valence-corrected chi connectivity index (χ0v) is 11.3. The van der Waals surface area contributed by atoms with Crippen LogP contribution in [-0.4, -0.2) is 24.4 Å². The predicted octanol–water partition coefficient (Wildman–Crippen LogP) is 2.51. The van der Waals surface area contributed by atoms with E-state index in [0.29, 0.717) is 13.0 Å². The second kappa shape index (κ2) is 8.95. The van der Waals surface area contributed by atoms with Crippen LogP contribution in [0.4, 0.5) is 0 Å². The number of aliphatic hydroxyl groups excluding tert-OH is 1. The summed E-state index contributed by atoms with van der Waals surface area (Å²) in [4.78, 5) is 0. The maximum Gasteiger partial charge on any atom is 0.119 e. The van der Waals surface area contributed by atoms with E-state index in [0.717, 1.165) is 24.3 Å². The van der Waals surface area contributed by atoms with E-state index < -0.39 is 6.10 Å². The van der Waals surface area contributed by atoms with Gasteiger partial charge < -0.3 is 15.6 Å². The van der Waals surface area contributed by atoms with Gasteiger partial charge in [0.15, 0.2) is 0 Å². The molecular formula is C15H25NO2. The molecule has 0 unspecified atom stereocenters. The summed E-state index contributed by atoms with van der Waals surface area (Å²) in [6, 6.07) is 7.89. The molecule has 0 saturated carbocycles. The van der Waals surface area contributed by atoms with Gasteiger partial charge in [-0.3, -0.25) is 0 Å². The molecular weight excluding hydrogens is 226 g/mol. The SMILES string of the molecule is CCCCCCOc1cccc(C[C@@H](O)CN)c1. The molecule has 1 atom stereocenters. The van der Waals surface area contributed by atoms with E-state index in [1.807, 2.05) is 24.3 Å². The lowest BCUT2D eigenvalue weighted by molar-refractivity contribution is 0.183. The average molecular weight is 251 g/mol. The lowest BCUT2D eigenvalue weighted by Gasteiger charge is -2.10. The molecule has 0 heterocycles. The highest BCUT2D eigenvalue weighted by Crippen LogP contribution is 2.15. The van der Waals surface area contributed by atoms with E-state index in [1.165, 1.54) is 19.3 Å². The zero-order chi connectivity index (χ0) is 13.2. The molecule has 0 aromatic heterocycles. The molecule has 3 N–H and O–H groups in total. The molecule has 0 aliphatic rings. The molecule has 1 rings (SSSR count). The van der Waals surface area contributed by atoms with Crippen LogP contribution in [-0.2, 0) is 6.42 Å². The van der Waals surface area contributed by atoms with Crippen molar-refractivity contribution in [2.75, 3.05) is 13.2 Å². The Labute approximate surface area is 110 Å². The van der Waals surface area contributed by atoms with Crippen LogP contribution in [0.3, 0.4) is 0 Å². The van der Waals surface area contributed by atoms with Gasteiger partial charge in [0.1, 0.15) is 5.75 Å². The first-order chi connectivity index (χ1) is 8.76. The van der Waals surface area contributed by atoms with Crippen molar-refractivity contribution in [3.8, 4) is 5.75 Å². The monoisotopic (exact) mass is 251 g/mol. The Bertz CT molecular complexity index is 328. The highest BCUT2D eigenvalue weighted by Gasteiger charge is 2.04. The first kappa shape index (κ1) is 15.0. The first-order valence-corrected chi connectivity index (χ1v) is 6.86. The summed E-state index contributed by atoms with van der Waals surface area (Å²) in [5.41, 5.74) is 6.47. The highest BCUT2D eigenvalue weighted by atomic mass is 16.5. The van der Waals surface area contributed by atoms with E-state index in [2.05, 4.69) is 6.92 Å². The van der Waals surface area contributed by atoms with E-state index in [4.69, 9.17) is 10.5 Å². The maximum atomic E-state index is 9.51. The number of benzene rings is 1. The highest BCUT2D eigenvalue weighted by molar-refractivity contribution is 5.28. The molecule has 0 aliphatic heterocycles. The third-order valence-corrected chi connectivity index (χ3v) is 2.91. The van der Waals surface area contributed by atoms with Crippen molar-refractivity contribution in [2.45, 2.75) is 45.1 Å². The molecule has 18 heavy (non-hydrogen) atoms. The molecule has 1 aromatic carbocycles. The molecule has 0 aliphatic carbocycles. The van der Waals surface area contributed by atoms with Gasteiger partial charge in [-0.05, 0) is 30.5 Å². The predicted molar refractivity (Wildman–Crippen MR) is 74.8 cm³/mol. The van der Waals surface area contributed by atoms with Crippen LogP contribution in [0.15, 0.2) is 24.3 Å². The Morgan fingerprint density at radius 1 is 1.28 bits per heavy atom. The van der Waals surface area contributed by atoms with Gasteiger partial charge in [-0.25, -0.2) is 0 Å². The number of aliphatic hydroxyl groups is 1. The molecule has 0 spiro atoms. The number of hydrogen-bond acceptors (Lipinski definition) is 3. The number of nitrogens with two attached hydrogens (primary N) is 1. The molecule has 3 nitrogen and oxygen atoms in total. The third kappa shape index (κ3) is 6.03. The quantitative estimate of drug-likeness (QED) is 0.663. The molecule has 0 bridgehead atoms. The van der Waals surface area contributed by atoms with Crippen LogP contribution in [0.5, 0.6) is 5.75 Å². The van der Waals surface area contributed by atoms with Crippen molar-refractivity contribution in [1.29, 1.82) is 0 Å². The van der Waals surface area contributed by atoms with Crippen LogP contribution in [0, 0.1) is 0 Å². The minimum Gasteiger partial charge on any atom is -0.494 e. The zero-order valence-electron chi connectivity index (χ0n) is 11.3. The lowest BCUT2D eigenvalue weighted by atomic mass is 10.1. The largest absolute Gasteiger partial charge is 0.494 e. The van der Waals surface area contributed by atoms with Gasteiger partial charge in [0, 0.05) is 6.54 Å². The summed E-state index contributed by atoms with van der Waals surface area (Å²) in [5, 5.41) is 9.51. The van der Waals surface area contributed by atoms with Gasteiger partial charge in [-0.1, -0.05) is 38.3 Å².